The molecule has 5 nitrogen and oxygen atoms in total. The van der Waals surface area contributed by atoms with Gasteiger partial charge in [0.2, 0.25) is 0 Å². The number of carbonyl (C=O) groups is 1. The maximum atomic E-state index is 13.3. The van der Waals surface area contributed by atoms with E-state index in [4.69, 9.17) is 21.4 Å². The molecule has 144 valence electrons. The Balaban J connectivity index is 1.79. The molecule has 0 aliphatic carbocycles. The minimum Gasteiger partial charge on any atom is -0.497 e. The van der Waals surface area contributed by atoms with E-state index in [2.05, 4.69) is 0 Å². The Bertz CT molecular complexity index is 976. The van der Waals surface area contributed by atoms with Crippen LogP contribution >= 0.6 is 11.6 Å². The number of aromatic nitrogens is 2. The number of amides is 1. The average Bonchev–Trinajstić information content (AvgIpc) is 3.19. The van der Waals surface area contributed by atoms with Gasteiger partial charge in [-0.05, 0) is 55.7 Å². The molecular weight excluding hydrogens is 374 g/mol. The highest BCUT2D eigenvalue weighted by Crippen LogP contribution is 2.29. The molecule has 1 saturated heterocycles. The molecule has 0 radical (unpaired) electrons. The summed E-state index contributed by atoms with van der Waals surface area (Å²) in [4.78, 5) is 15.2. The number of hydrogen-bond donors (Lipinski definition) is 0. The number of nitrogens with zero attached hydrogens (tertiary/aromatic N) is 3. The van der Waals surface area contributed by atoms with Gasteiger partial charge in [0.15, 0.2) is 0 Å². The summed E-state index contributed by atoms with van der Waals surface area (Å²) in [5.74, 6) is 0.757. The van der Waals surface area contributed by atoms with E-state index >= 15 is 0 Å². The van der Waals surface area contributed by atoms with Crippen LogP contribution in [0.25, 0.3) is 16.9 Å². The molecule has 1 fully saturated rings. The summed E-state index contributed by atoms with van der Waals surface area (Å²) in [6, 6.07) is 16.9. The predicted octanol–water partition coefficient (Wildman–Crippen LogP) is 4.83. The number of methoxy groups -OCH3 is 1. The lowest BCUT2D eigenvalue weighted by Gasteiger charge is -2.26. The fourth-order valence-electron chi connectivity index (χ4n) is 3.51. The van der Waals surface area contributed by atoms with Crippen LogP contribution in [0.5, 0.6) is 5.75 Å². The minimum absolute atomic E-state index is 0.00122. The van der Waals surface area contributed by atoms with Gasteiger partial charge in [-0.15, -0.1) is 0 Å². The van der Waals surface area contributed by atoms with Crippen molar-refractivity contribution in [1.29, 1.82) is 0 Å². The third-order valence-corrected chi connectivity index (χ3v) is 5.37. The Morgan fingerprint density at radius 1 is 1.04 bits per heavy atom. The highest BCUT2D eigenvalue weighted by atomic mass is 35.5. The van der Waals surface area contributed by atoms with Gasteiger partial charge in [-0.2, -0.15) is 5.10 Å². The lowest BCUT2D eigenvalue weighted by molar-refractivity contribution is 0.0715. The maximum absolute atomic E-state index is 13.3. The van der Waals surface area contributed by atoms with Gasteiger partial charge in [-0.3, -0.25) is 4.79 Å². The molecule has 1 aromatic heterocycles. The van der Waals surface area contributed by atoms with Crippen molar-refractivity contribution in [2.45, 2.75) is 19.3 Å². The fraction of sp³-hybridized carbons (Fsp3) is 0.273. The molecule has 0 unspecified atom stereocenters. The lowest BCUT2D eigenvalue weighted by Crippen LogP contribution is -2.36. The number of benzene rings is 2. The molecule has 2 aromatic carbocycles. The van der Waals surface area contributed by atoms with Crippen LogP contribution in [0.15, 0.2) is 54.6 Å². The molecule has 0 spiro atoms. The van der Waals surface area contributed by atoms with E-state index in [1.165, 1.54) is 6.42 Å². The van der Waals surface area contributed by atoms with Crippen LogP contribution in [0.3, 0.4) is 0 Å². The third kappa shape index (κ3) is 3.62. The number of likely N-dealkylation sites (tertiary alicyclic amines) is 1. The van der Waals surface area contributed by atoms with Crippen molar-refractivity contribution in [3.63, 3.8) is 0 Å². The monoisotopic (exact) mass is 395 g/mol. The summed E-state index contributed by atoms with van der Waals surface area (Å²) in [5, 5.41) is 5.34. The SMILES string of the molecule is COc1ccc(-n2nc(-c3ccccc3Cl)cc2C(=O)N2CCCCC2)cc1. The van der Waals surface area contributed by atoms with E-state index in [0.717, 1.165) is 42.9 Å². The minimum atomic E-state index is 0.00122. The molecular formula is C22H22ClN3O2. The normalized spacial score (nSPS) is 14.1. The summed E-state index contributed by atoms with van der Waals surface area (Å²) in [6.07, 6.45) is 3.26. The molecule has 3 aromatic rings. The number of carbonyl (C=O) groups excluding carboxylic acids is 1. The quantitative estimate of drug-likeness (QED) is 0.635. The second-order valence-electron chi connectivity index (χ2n) is 6.86. The van der Waals surface area contributed by atoms with Crippen molar-refractivity contribution in [3.8, 4) is 22.7 Å². The molecule has 0 bridgehead atoms. The van der Waals surface area contributed by atoms with E-state index in [1.54, 1.807) is 11.8 Å². The Kier molecular flexibility index (Phi) is 5.35. The van der Waals surface area contributed by atoms with E-state index < -0.39 is 0 Å². The first-order valence-electron chi connectivity index (χ1n) is 9.46. The number of hydrogen-bond acceptors (Lipinski definition) is 3. The summed E-state index contributed by atoms with van der Waals surface area (Å²) in [7, 11) is 1.63. The molecule has 1 aliphatic heterocycles. The van der Waals surface area contributed by atoms with Crippen molar-refractivity contribution in [2.75, 3.05) is 20.2 Å². The van der Waals surface area contributed by atoms with Gasteiger partial charge in [0.25, 0.3) is 5.91 Å². The van der Waals surface area contributed by atoms with Gasteiger partial charge in [0.1, 0.15) is 11.4 Å². The molecule has 1 aliphatic rings. The smallest absolute Gasteiger partial charge is 0.272 e. The van der Waals surface area contributed by atoms with E-state index in [9.17, 15) is 4.79 Å². The number of ether oxygens (including phenoxy) is 1. The highest BCUT2D eigenvalue weighted by Gasteiger charge is 2.24. The van der Waals surface area contributed by atoms with Crippen molar-refractivity contribution in [1.82, 2.24) is 14.7 Å². The molecule has 2 heterocycles. The fourth-order valence-corrected chi connectivity index (χ4v) is 3.75. The van der Waals surface area contributed by atoms with E-state index in [-0.39, 0.29) is 5.91 Å². The largest absolute Gasteiger partial charge is 0.497 e. The molecule has 1 amide bonds. The molecule has 28 heavy (non-hydrogen) atoms. The number of halogens is 1. The van der Waals surface area contributed by atoms with Crippen LogP contribution < -0.4 is 4.74 Å². The summed E-state index contributed by atoms with van der Waals surface area (Å²) in [6.45, 7) is 1.57. The summed E-state index contributed by atoms with van der Waals surface area (Å²) >= 11 is 6.37. The Morgan fingerprint density at radius 2 is 1.75 bits per heavy atom. The number of piperidine rings is 1. The Morgan fingerprint density at radius 3 is 2.43 bits per heavy atom. The molecule has 6 heteroatoms. The van der Waals surface area contributed by atoms with Crippen LogP contribution in [0, 0.1) is 0 Å². The van der Waals surface area contributed by atoms with Gasteiger partial charge >= 0.3 is 0 Å². The van der Waals surface area contributed by atoms with Crippen LogP contribution in [0.2, 0.25) is 5.02 Å². The Hall–Kier alpha value is -2.79. The standard InChI is InChI=1S/C22H22ClN3O2/c1-28-17-11-9-16(10-12-17)26-21(22(27)25-13-5-2-6-14-25)15-20(24-26)18-7-3-4-8-19(18)23/h3-4,7-12,15H,2,5-6,13-14H2,1H3. The second-order valence-corrected chi connectivity index (χ2v) is 7.26. The van der Waals surface area contributed by atoms with Gasteiger partial charge < -0.3 is 9.64 Å². The predicted molar refractivity (Wildman–Crippen MR) is 110 cm³/mol. The van der Waals surface area contributed by atoms with Gasteiger partial charge in [-0.25, -0.2) is 4.68 Å². The first-order chi connectivity index (χ1) is 13.7. The van der Waals surface area contributed by atoms with Crippen LogP contribution in [-0.4, -0.2) is 40.8 Å². The zero-order chi connectivity index (χ0) is 19.5. The third-order valence-electron chi connectivity index (χ3n) is 5.04. The van der Waals surface area contributed by atoms with Crippen LogP contribution in [-0.2, 0) is 0 Å². The summed E-state index contributed by atoms with van der Waals surface area (Å²) < 4.78 is 6.95. The van der Waals surface area contributed by atoms with Crippen molar-refractivity contribution in [2.24, 2.45) is 0 Å². The van der Waals surface area contributed by atoms with Crippen molar-refractivity contribution < 1.29 is 9.53 Å². The number of rotatable bonds is 4. The van der Waals surface area contributed by atoms with E-state index in [0.29, 0.717) is 16.4 Å². The Labute approximate surface area is 169 Å². The van der Waals surface area contributed by atoms with Gasteiger partial charge in [0.05, 0.1) is 23.5 Å². The first kappa shape index (κ1) is 18.6. The zero-order valence-electron chi connectivity index (χ0n) is 15.8. The molecule has 0 N–H and O–H groups in total. The maximum Gasteiger partial charge on any atom is 0.272 e. The molecule has 0 atom stereocenters. The zero-order valence-corrected chi connectivity index (χ0v) is 16.5. The highest BCUT2D eigenvalue weighted by molar-refractivity contribution is 6.33. The van der Waals surface area contributed by atoms with Crippen LogP contribution in [0.1, 0.15) is 29.8 Å². The van der Waals surface area contributed by atoms with Crippen LogP contribution in [0.4, 0.5) is 0 Å². The molecule has 0 saturated carbocycles. The average molecular weight is 396 g/mol. The second kappa shape index (κ2) is 8.07. The van der Waals surface area contributed by atoms with E-state index in [1.807, 2.05) is 59.5 Å². The summed E-state index contributed by atoms with van der Waals surface area (Å²) in [5.41, 5.74) is 2.84. The van der Waals surface area contributed by atoms with Crippen molar-refractivity contribution in [3.05, 3.63) is 65.3 Å². The lowest BCUT2D eigenvalue weighted by atomic mass is 10.1. The first-order valence-corrected chi connectivity index (χ1v) is 9.84. The van der Waals surface area contributed by atoms with Crippen molar-refractivity contribution >= 4 is 17.5 Å². The topological polar surface area (TPSA) is 47.4 Å². The van der Waals surface area contributed by atoms with Gasteiger partial charge in [0, 0.05) is 18.7 Å². The van der Waals surface area contributed by atoms with Gasteiger partial charge in [-0.1, -0.05) is 29.8 Å². The molecule has 4 rings (SSSR count).